The van der Waals surface area contributed by atoms with E-state index in [9.17, 15) is 4.79 Å². The van der Waals surface area contributed by atoms with Crippen LogP contribution in [0.1, 0.15) is 33.0 Å². The molecule has 7 nitrogen and oxygen atoms in total. The van der Waals surface area contributed by atoms with E-state index in [0.717, 1.165) is 33.9 Å². The predicted octanol–water partition coefficient (Wildman–Crippen LogP) is 3.99. The first-order valence-corrected chi connectivity index (χ1v) is 9.35. The zero-order chi connectivity index (χ0) is 20.4. The molecule has 148 valence electrons. The molecule has 0 unspecified atom stereocenters. The molecule has 0 radical (unpaired) electrons. The monoisotopic (exact) mass is 390 g/mol. The Labute approximate surface area is 169 Å². The third kappa shape index (κ3) is 4.13. The second-order valence-electron chi connectivity index (χ2n) is 6.93. The Morgan fingerprint density at radius 2 is 1.86 bits per heavy atom. The van der Waals surface area contributed by atoms with Crippen molar-refractivity contribution in [2.75, 3.05) is 17.4 Å². The molecule has 1 amide bonds. The number of nitrogens with zero attached hydrogens (tertiary/aromatic N) is 2. The van der Waals surface area contributed by atoms with Gasteiger partial charge in [0.05, 0.1) is 0 Å². The van der Waals surface area contributed by atoms with Crippen molar-refractivity contribution < 1.29 is 14.3 Å². The number of nitrogens with one attached hydrogen (secondary N) is 2. The number of carbonyl (C=O) groups is 1. The molecular weight excluding hydrogens is 368 g/mol. The summed E-state index contributed by atoms with van der Waals surface area (Å²) in [7, 11) is 0. The number of amides is 1. The summed E-state index contributed by atoms with van der Waals surface area (Å²) in [6.07, 6.45) is 0. The summed E-state index contributed by atoms with van der Waals surface area (Å²) in [6.45, 7) is 6.54. The van der Waals surface area contributed by atoms with Crippen molar-refractivity contribution in [2.45, 2.75) is 27.3 Å². The first-order valence-electron chi connectivity index (χ1n) is 9.35. The largest absolute Gasteiger partial charge is 0.454 e. The molecule has 0 aliphatic carbocycles. The van der Waals surface area contributed by atoms with Gasteiger partial charge < -0.3 is 20.1 Å². The van der Waals surface area contributed by atoms with Gasteiger partial charge in [0.2, 0.25) is 6.79 Å². The van der Waals surface area contributed by atoms with Gasteiger partial charge in [-0.2, -0.15) is 0 Å². The van der Waals surface area contributed by atoms with Crippen molar-refractivity contribution in [1.29, 1.82) is 0 Å². The smallest absolute Gasteiger partial charge is 0.274 e. The van der Waals surface area contributed by atoms with E-state index in [1.54, 1.807) is 13.0 Å². The van der Waals surface area contributed by atoms with Crippen LogP contribution in [0.5, 0.6) is 11.5 Å². The SMILES string of the molecule is Cc1nc(NCc2ccc3c(c2)OCO3)cc(C(=O)Nc2cccc(C)c2C)n1. The van der Waals surface area contributed by atoms with Crippen molar-refractivity contribution in [3.05, 3.63) is 70.7 Å². The fourth-order valence-corrected chi connectivity index (χ4v) is 3.09. The second-order valence-corrected chi connectivity index (χ2v) is 6.93. The van der Waals surface area contributed by atoms with Gasteiger partial charge in [0.25, 0.3) is 5.91 Å². The topological polar surface area (TPSA) is 85.4 Å². The molecule has 0 fully saturated rings. The van der Waals surface area contributed by atoms with Crippen LogP contribution in [0.15, 0.2) is 42.5 Å². The number of anilines is 2. The Bertz CT molecular complexity index is 1080. The van der Waals surface area contributed by atoms with Crippen LogP contribution < -0.4 is 20.1 Å². The average Bonchev–Trinajstić information content (AvgIpc) is 3.17. The highest BCUT2D eigenvalue weighted by molar-refractivity contribution is 6.03. The van der Waals surface area contributed by atoms with Crippen LogP contribution in [0, 0.1) is 20.8 Å². The number of benzene rings is 2. The zero-order valence-electron chi connectivity index (χ0n) is 16.6. The maximum Gasteiger partial charge on any atom is 0.274 e. The number of rotatable bonds is 5. The number of aryl methyl sites for hydroxylation is 2. The molecule has 0 saturated heterocycles. The lowest BCUT2D eigenvalue weighted by atomic mass is 10.1. The highest BCUT2D eigenvalue weighted by Crippen LogP contribution is 2.32. The van der Waals surface area contributed by atoms with Crippen molar-refractivity contribution in [2.24, 2.45) is 0 Å². The predicted molar refractivity (Wildman–Crippen MR) is 111 cm³/mol. The third-order valence-electron chi connectivity index (χ3n) is 4.83. The molecule has 2 aromatic carbocycles. The van der Waals surface area contributed by atoms with E-state index >= 15 is 0 Å². The number of ether oxygens (including phenoxy) is 2. The molecule has 1 aliphatic rings. The first-order chi connectivity index (χ1) is 14.0. The van der Waals surface area contributed by atoms with E-state index in [1.807, 2.05) is 50.2 Å². The Morgan fingerprint density at radius 3 is 2.72 bits per heavy atom. The van der Waals surface area contributed by atoms with Gasteiger partial charge in [0.15, 0.2) is 11.5 Å². The molecule has 0 saturated carbocycles. The highest BCUT2D eigenvalue weighted by atomic mass is 16.7. The molecular formula is C22H22N4O3. The average molecular weight is 390 g/mol. The maximum atomic E-state index is 12.7. The normalized spacial score (nSPS) is 12.0. The molecule has 3 aromatic rings. The lowest BCUT2D eigenvalue weighted by Gasteiger charge is -2.12. The summed E-state index contributed by atoms with van der Waals surface area (Å²) in [5.41, 5.74) is 4.26. The molecule has 1 aliphatic heterocycles. The maximum absolute atomic E-state index is 12.7. The molecule has 1 aromatic heterocycles. The Morgan fingerprint density at radius 1 is 1.03 bits per heavy atom. The number of aromatic nitrogens is 2. The van der Waals surface area contributed by atoms with Gasteiger partial charge in [-0.1, -0.05) is 18.2 Å². The minimum Gasteiger partial charge on any atom is -0.454 e. The minimum atomic E-state index is -0.268. The van der Waals surface area contributed by atoms with Crippen LogP contribution in [0.4, 0.5) is 11.5 Å². The Kier molecular flexibility index (Phi) is 5.03. The summed E-state index contributed by atoms with van der Waals surface area (Å²) in [5.74, 6) is 2.32. The summed E-state index contributed by atoms with van der Waals surface area (Å²) in [6, 6.07) is 13.2. The number of carbonyl (C=O) groups excluding carboxylic acids is 1. The molecule has 29 heavy (non-hydrogen) atoms. The lowest BCUT2D eigenvalue weighted by molar-refractivity contribution is 0.102. The van der Waals surface area contributed by atoms with E-state index in [1.165, 1.54) is 0 Å². The molecule has 2 N–H and O–H groups in total. The number of hydrogen-bond acceptors (Lipinski definition) is 6. The van der Waals surface area contributed by atoms with Gasteiger partial charge in [0.1, 0.15) is 17.3 Å². The molecule has 0 spiro atoms. The van der Waals surface area contributed by atoms with Gasteiger partial charge in [-0.3, -0.25) is 4.79 Å². The van der Waals surface area contributed by atoms with E-state index < -0.39 is 0 Å². The minimum absolute atomic E-state index is 0.246. The molecule has 0 bridgehead atoms. The van der Waals surface area contributed by atoms with Crippen molar-refractivity contribution in [3.8, 4) is 11.5 Å². The van der Waals surface area contributed by atoms with Crippen molar-refractivity contribution in [1.82, 2.24) is 9.97 Å². The Hall–Kier alpha value is -3.61. The van der Waals surface area contributed by atoms with Gasteiger partial charge in [0, 0.05) is 18.3 Å². The standard InChI is InChI=1S/C22H22N4O3/c1-13-5-4-6-17(14(13)2)26-22(27)18-10-21(25-15(3)24-18)23-11-16-7-8-19-20(9-16)29-12-28-19/h4-10H,11-12H2,1-3H3,(H,26,27)(H,23,24,25). The van der Waals surface area contributed by atoms with Gasteiger partial charge in [-0.15, -0.1) is 0 Å². The van der Waals surface area contributed by atoms with Crippen molar-refractivity contribution >= 4 is 17.4 Å². The number of hydrogen-bond donors (Lipinski definition) is 2. The summed E-state index contributed by atoms with van der Waals surface area (Å²) >= 11 is 0. The lowest BCUT2D eigenvalue weighted by Crippen LogP contribution is -2.16. The van der Waals surface area contributed by atoms with Crippen molar-refractivity contribution in [3.63, 3.8) is 0 Å². The van der Waals surface area contributed by atoms with Crippen LogP contribution >= 0.6 is 0 Å². The summed E-state index contributed by atoms with van der Waals surface area (Å²) < 4.78 is 10.7. The van der Waals surface area contributed by atoms with Gasteiger partial charge in [-0.05, 0) is 55.7 Å². The quantitative estimate of drug-likeness (QED) is 0.685. The van der Waals surface area contributed by atoms with E-state index in [0.29, 0.717) is 23.9 Å². The molecule has 4 rings (SSSR count). The van der Waals surface area contributed by atoms with E-state index in [4.69, 9.17) is 9.47 Å². The highest BCUT2D eigenvalue weighted by Gasteiger charge is 2.15. The Balaban J connectivity index is 1.48. The summed E-state index contributed by atoms with van der Waals surface area (Å²) in [4.78, 5) is 21.4. The number of fused-ring (bicyclic) bond motifs is 1. The third-order valence-corrected chi connectivity index (χ3v) is 4.83. The van der Waals surface area contributed by atoms with Gasteiger partial charge in [-0.25, -0.2) is 9.97 Å². The van der Waals surface area contributed by atoms with Crippen LogP contribution in [0.3, 0.4) is 0 Å². The van der Waals surface area contributed by atoms with Crippen LogP contribution in [0.2, 0.25) is 0 Å². The molecule has 0 atom stereocenters. The van der Waals surface area contributed by atoms with E-state index in [-0.39, 0.29) is 12.7 Å². The first kappa shape index (κ1) is 18.7. The van der Waals surface area contributed by atoms with Crippen LogP contribution in [0.25, 0.3) is 0 Å². The zero-order valence-corrected chi connectivity index (χ0v) is 16.6. The fraction of sp³-hybridized carbons (Fsp3) is 0.227. The molecule has 7 heteroatoms. The van der Waals surface area contributed by atoms with E-state index in [2.05, 4.69) is 20.6 Å². The van der Waals surface area contributed by atoms with Crippen LogP contribution in [-0.4, -0.2) is 22.7 Å². The van der Waals surface area contributed by atoms with Crippen LogP contribution in [-0.2, 0) is 6.54 Å². The van der Waals surface area contributed by atoms with Gasteiger partial charge >= 0.3 is 0 Å². The summed E-state index contributed by atoms with van der Waals surface area (Å²) in [5, 5.41) is 6.18. The fourth-order valence-electron chi connectivity index (χ4n) is 3.09. The molecule has 2 heterocycles. The second kappa shape index (κ2) is 7.79.